The third-order valence-electron chi connectivity index (χ3n) is 6.16. The Morgan fingerprint density at radius 1 is 1.12 bits per heavy atom. The first-order valence-electron chi connectivity index (χ1n) is 11.0. The fraction of sp³-hybridized carbons (Fsp3) is 0.360. The average molecular weight is 483 g/mol. The number of likely N-dealkylation sites (N-methyl/N-ethyl adjacent to an activating group) is 1. The standard InChI is InChI=1S/C25H27FN4O3S/c1-28(2)12-13-30-23(32)15-25(24(30)33,17-8-4-5-9-18(17)26)14-22(31)29(3)16-21-27-19-10-6-7-11-20(19)34-21/h4-11H,12-16H2,1-3H3/t25-/m0/s1. The smallest absolute Gasteiger partial charge is 0.241 e. The molecule has 0 aliphatic carbocycles. The number of thiazole rings is 1. The number of amides is 3. The van der Waals surface area contributed by atoms with Crippen LogP contribution in [0.15, 0.2) is 48.5 Å². The van der Waals surface area contributed by atoms with Gasteiger partial charge in [-0.2, -0.15) is 0 Å². The van der Waals surface area contributed by atoms with Gasteiger partial charge in [-0.05, 0) is 32.3 Å². The summed E-state index contributed by atoms with van der Waals surface area (Å²) in [6.45, 7) is 0.935. The molecule has 1 fully saturated rings. The Hall–Kier alpha value is -3.17. The summed E-state index contributed by atoms with van der Waals surface area (Å²) in [6, 6.07) is 13.6. The molecule has 1 saturated heterocycles. The largest absolute Gasteiger partial charge is 0.339 e. The van der Waals surface area contributed by atoms with Crippen LogP contribution in [0.1, 0.15) is 23.4 Å². The predicted molar refractivity (Wildman–Crippen MR) is 129 cm³/mol. The minimum absolute atomic E-state index is 0.0856. The van der Waals surface area contributed by atoms with Gasteiger partial charge in [-0.3, -0.25) is 19.3 Å². The SMILES string of the molecule is CN(C)CCN1C(=O)C[C@@](CC(=O)N(C)Cc2nc3ccccc3s2)(c2ccccc2F)C1=O. The monoisotopic (exact) mass is 482 g/mol. The minimum Gasteiger partial charge on any atom is -0.339 e. The summed E-state index contributed by atoms with van der Waals surface area (Å²) in [4.78, 5) is 48.8. The van der Waals surface area contributed by atoms with E-state index in [4.69, 9.17) is 0 Å². The van der Waals surface area contributed by atoms with Gasteiger partial charge in [0.15, 0.2) is 0 Å². The fourth-order valence-corrected chi connectivity index (χ4v) is 5.31. The van der Waals surface area contributed by atoms with Crippen molar-refractivity contribution in [3.8, 4) is 0 Å². The van der Waals surface area contributed by atoms with Gasteiger partial charge in [-0.1, -0.05) is 30.3 Å². The van der Waals surface area contributed by atoms with Gasteiger partial charge < -0.3 is 9.80 Å². The number of rotatable bonds is 8. The second-order valence-corrected chi connectivity index (χ2v) is 10.0. The lowest BCUT2D eigenvalue weighted by atomic mass is 9.75. The Labute approximate surface area is 201 Å². The predicted octanol–water partition coefficient (Wildman–Crippen LogP) is 3.04. The molecule has 2 aromatic carbocycles. The van der Waals surface area contributed by atoms with Gasteiger partial charge in [0, 0.05) is 38.5 Å². The normalized spacial score (nSPS) is 18.3. The third-order valence-corrected chi connectivity index (χ3v) is 7.18. The number of aromatic nitrogens is 1. The van der Waals surface area contributed by atoms with Crippen LogP contribution in [0.2, 0.25) is 0 Å². The lowest BCUT2D eigenvalue weighted by Gasteiger charge is -2.29. The molecule has 1 atom stereocenters. The molecule has 9 heteroatoms. The maximum atomic E-state index is 14.9. The van der Waals surface area contributed by atoms with Crippen LogP contribution in [0.4, 0.5) is 4.39 Å². The third kappa shape index (κ3) is 4.58. The van der Waals surface area contributed by atoms with E-state index >= 15 is 0 Å². The number of imide groups is 1. The molecule has 0 bridgehead atoms. The van der Waals surface area contributed by atoms with Crippen molar-refractivity contribution in [2.24, 2.45) is 0 Å². The maximum absolute atomic E-state index is 14.9. The number of hydrogen-bond acceptors (Lipinski definition) is 6. The second kappa shape index (κ2) is 9.60. The van der Waals surface area contributed by atoms with Gasteiger partial charge in [0.2, 0.25) is 17.7 Å². The highest BCUT2D eigenvalue weighted by Gasteiger charge is 2.54. The molecular formula is C25H27FN4O3S. The highest BCUT2D eigenvalue weighted by atomic mass is 32.1. The van der Waals surface area contributed by atoms with E-state index in [2.05, 4.69) is 4.98 Å². The molecule has 1 aromatic heterocycles. The number of fused-ring (bicyclic) bond motifs is 1. The second-order valence-electron chi connectivity index (χ2n) is 8.89. The van der Waals surface area contributed by atoms with Gasteiger partial charge in [0.25, 0.3) is 0 Å². The topological polar surface area (TPSA) is 73.8 Å². The van der Waals surface area contributed by atoms with Crippen LogP contribution in [-0.2, 0) is 26.3 Å². The molecule has 0 spiro atoms. The number of likely N-dealkylation sites (tertiary alicyclic amines) is 1. The Kier molecular flexibility index (Phi) is 6.77. The van der Waals surface area contributed by atoms with E-state index in [1.54, 1.807) is 13.1 Å². The molecule has 0 saturated carbocycles. The van der Waals surface area contributed by atoms with Crippen molar-refractivity contribution in [1.82, 2.24) is 19.7 Å². The highest BCUT2D eigenvalue weighted by molar-refractivity contribution is 7.18. The Morgan fingerprint density at radius 2 is 1.82 bits per heavy atom. The molecule has 0 N–H and O–H groups in total. The highest BCUT2D eigenvalue weighted by Crippen LogP contribution is 2.41. The quantitative estimate of drug-likeness (QED) is 0.462. The molecule has 3 amide bonds. The van der Waals surface area contributed by atoms with Gasteiger partial charge in [-0.25, -0.2) is 9.37 Å². The van der Waals surface area contributed by atoms with Crippen molar-refractivity contribution < 1.29 is 18.8 Å². The van der Waals surface area contributed by atoms with Gasteiger partial charge >= 0.3 is 0 Å². The van der Waals surface area contributed by atoms with Crippen molar-refractivity contribution in [2.75, 3.05) is 34.2 Å². The van der Waals surface area contributed by atoms with Crippen LogP contribution in [0.25, 0.3) is 10.2 Å². The van der Waals surface area contributed by atoms with Crippen molar-refractivity contribution in [1.29, 1.82) is 0 Å². The zero-order valence-corrected chi connectivity index (χ0v) is 20.3. The van der Waals surface area contributed by atoms with E-state index < -0.39 is 23.0 Å². The van der Waals surface area contributed by atoms with Crippen LogP contribution in [0.5, 0.6) is 0 Å². The summed E-state index contributed by atoms with van der Waals surface area (Å²) >= 11 is 1.50. The lowest BCUT2D eigenvalue weighted by Crippen LogP contribution is -2.44. The number of carbonyl (C=O) groups excluding carboxylic acids is 3. The molecule has 0 unspecified atom stereocenters. The number of benzene rings is 2. The van der Waals surface area contributed by atoms with Crippen molar-refractivity contribution in [3.63, 3.8) is 0 Å². The van der Waals surface area contributed by atoms with Crippen molar-refractivity contribution in [3.05, 3.63) is 64.9 Å². The minimum atomic E-state index is -1.56. The fourth-order valence-electron chi connectivity index (χ4n) is 4.29. The molecule has 34 heavy (non-hydrogen) atoms. The number of carbonyl (C=O) groups is 3. The van der Waals surface area contributed by atoms with E-state index in [1.165, 1.54) is 34.4 Å². The summed E-state index contributed by atoms with van der Waals surface area (Å²) in [7, 11) is 5.32. The van der Waals surface area contributed by atoms with Gasteiger partial charge in [-0.15, -0.1) is 11.3 Å². The summed E-state index contributed by atoms with van der Waals surface area (Å²) in [5.41, 5.74) is -0.616. The van der Waals surface area contributed by atoms with Crippen molar-refractivity contribution in [2.45, 2.75) is 24.8 Å². The zero-order chi connectivity index (χ0) is 24.5. The molecule has 0 radical (unpaired) electrons. The Bertz CT molecular complexity index is 1210. The van der Waals surface area contributed by atoms with Gasteiger partial charge in [0.05, 0.1) is 22.2 Å². The first-order chi connectivity index (χ1) is 16.2. The Morgan fingerprint density at radius 3 is 2.53 bits per heavy atom. The van der Waals surface area contributed by atoms with E-state index in [0.717, 1.165) is 20.1 Å². The Balaban J connectivity index is 1.61. The van der Waals surface area contributed by atoms with Crippen LogP contribution in [0.3, 0.4) is 0 Å². The molecule has 2 heterocycles. The summed E-state index contributed by atoms with van der Waals surface area (Å²) in [6.07, 6.45) is -0.528. The summed E-state index contributed by atoms with van der Waals surface area (Å²) in [5, 5.41) is 0.762. The summed E-state index contributed by atoms with van der Waals surface area (Å²) < 4.78 is 15.9. The van der Waals surface area contributed by atoms with Gasteiger partial charge in [0.1, 0.15) is 10.8 Å². The maximum Gasteiger partial charge on any atom is 0.241 e. The van der Waals surface area contributed by atoms with E-state index in [-0.39, 0.29) is 37.4 Å². The van der Waals surface area contributed by atoms with E-state index in [0.29, 0.717) is 6.54 Å². The van der Waals surface area contributed by atoms with Crippen LogP contribution in [0, 0.1) is 5.82 Å². The van der Waals surface area contributed by atoms with Crippen LogP contribution < -0.4 is 0 Å². The first kappa shape index (κ1) is 24.0. The summed E-state index contributed by atoms with van der Waals surface area (Å²) in [5.74, 6) is -1.86. The molecule has 1 aliphatic heterocycles. The number of nitrogens with zero attached hydrogens (tertiary/aromatic N) is 4. The van der Waals surface area contributed by atoms with E-state index in [1.807, 2.05) is 43.3 Å². The molecular weight excluding hydrogens is 455 g/mol. The zero-order valence-electron chi connectivity index (χ0n) is 19.5. The van der Waals surface area contributed by atoms with Crippen LogP contribution >= 0.6 is 11.3 Å². The number of hydrogen-bond donors (Lipinski definition) is 0. The van der Waals surface area contributed by atoms with E-state index in [9.17, 15) is 18.8 Å². The lowest BCUT2D eigenvalue weighted by molar-refractivity contribution is -0.142. The molecule has 178 valence electrons. The average Bonchev–Trinajstić information content (AvgIpc) is 3.30. The molecule has 1 aliphatic rings. The number of halogens is 1. The molecule has 7 nitrogen and oxygen atoms in total. The van der Waals surface area contributed by atoms with Crippen LogP contribution in [-0.4, -0.2) is 71.6 Å². The molecule has 4 rings (SSSR count). The first-order valence-corrected chi connectivity index (χ1v) is 11.9. The number of para-hydroxylation sites is 1. The van der Waals surface area contributed by atoms with Crippen molar-refractivity contribution >= 4 is 39.3 Å². The molecule has 3 aromatic rings.